The maximum absolute atomic E-state index is 13.9. The van der Waals surface area contributed by atoms with Gasteiger partial charge in [-0.1, -0.05) is 40.2 Å². The Morgan fingerprint density at radius 3 is 2.35 bits per heavy atom. The molecule has 3 rings (SSSR count). The van der Waals surface area contributed by atoms with Crippen molar-refractivity contribution >= 4 is 51.2 Å². The average Bonchev–Trinajstić information content (AvgIpc) is 2.81. The number of hydrogen-bond donors (Lipinski definition) is 3. The van der Waals surface area contributed by atoms with Gasteiger partial charge in [-0.3, -0.25) is 14.4 Å². The molecule has 0 aliphatic rings. The van der Waals surface area contributed by atoms with Crippen LogP contribution in [0.4, 0.5) is 20.2 Å². The summed E-state index contributed by atoms with van der Waals surface area (Å²) in [6.45, 7) is -0.419. The summed E-state index contributed by atoms with van der Waals surface area (Å²) < 4.78 is 33.4. The molecule has 0 saturated carbocycles. The van der Waals surface area contributed by atoms with Crippen LogP contribution < -0.4 is 20.8 Å². The molecule has 0 bridgehead atoms. The van der Waals surface area contributed by atoms with Crippen LogP contribution in [0.1, 0.15) is 5.56 Å². The fourth-order valence-corrected chi connectivity index (χ4v) is 2.93. The zero-order valence-corrected chi connectivity index (χ0v) is 18.9. The number of anilines is 2. The minimum Gasteiger partial charge on any atom is -0.483 e. The Hall–Kier alpha value is -4.12. The first kappa shape index (κ1) is 24.5. The first-order valence-electron chi connectivity index (χ1n) is 9.69. The Balaban J connectivity index is 1.55. The standard InChI is InChI=1S/C23H17BrF2N4O4/c24-15-9-10-19(17(26)11-15)28-21(31)13-34-20-8-4-1-5-14(20)12-27-30-23(33)22(32)29-18-7-3-2-6-16(18)25/h1-12H,13H2,(H,28,31)(H,29,32)(H,30,33)/b27-12-. The number of carbonyl (C=O) groups is 3. The summed E-state index contributed by atoms with van der Waals surface area (Å²) in [6, 6.07) is 16.1. The van der Waals surface area contributed by atoms with Gasteiger partial charge in [-0.05, 0) is 42.5 Å². The van der Waals surface area contributed by atoms with Crippen molar-refractivity contribution in [2.45, 2.75) is 0 Å². The highest BCUT2D eigenvalue weighted by Crippen LogP contribution is 2.20. The first-order valence-corrected chi connectivity index (χ1v) is 10.5. The van der Waals surface area contributed by atoms with Crippen molar-refractivity contribution < 1.29 is 27.9 Å². The lowest BCUT2D eigenvalue weighted by molar-refractivity contribution is -0.136. The van der Waals surface area contributed by atoms with E-state index in [1.54, 1.807) is 30.3 Å². The third-order valence-corrected chi connectivity index (χ3v) is 4.67. The van der Waals surface area contributed by atoms with E-state index in [2.05, 4.69) is 31.7 Å². The second kappa shape index (κ2) is 11.7. The lowest BCUT2D eigenvalue weighted by Gasteiger charge is -2.10. The quantitative estimate of drug-likeness (QED) is 0.245. The van der Waals surface area contributed by atoms with Crippen LogP contribution in [0, 0.1) is 11.6 Å². The van der Waals surface area contributed by atoms with Gasteiger partial charge in [0.2, 0.25) is 0 Å². The molecule has 0 spiro atoms. The van der Waals surface area contributed by atoms with Crippen LogP contribution in [0.25, 0.3) is 0 Å². The Kier molecular flexibility index (Phi) is 8.41. The average molecular weight is 531 g/mol. The number of hydrazone groups is 1. The second-order valence-electron chi connectivity index (χ2n) is 6.63. The minimum absolute atomic E-state index is 0.00280. The molecule has 3 amide bonds. The largest absolute Gasteiger partial charge is 0.483 e. The SMILES string of the molecule is O=C(COc1ccccc1/C=N\NC(=O)C(=O)Nc1ccccc1F)Nc1ccc(Br)cc1F. The molecule has 3 aromatic carbocycles. The summed E-state index contributed by atoms with van der Waals surface area (Å²) in [6.07, 6.45) is 1.20. The van der Waals surface area contributed by atoms with Crippen molar-refractivity contribution in [3.8, 4) is 5.75 Å². The normalized spacial score (nSPS) is 10.6. The van der Waals surface area contributed by atoms with Gasteiger partial charge in [0.1, 0.15) is 17.4 Å². The predicted molar refractivity (Wildman–Crippen MR) is 125 cm³/mol. The van der Waals surface area contributed by atoms with Gasteiger partial charge in [-0.2, -0.15) is 5.10 Å². The van der Waals surface area contributed by atoms with Gasteiger partial charge in [0.25, 0.3) is 5.91 Å². The fraction of sp³-hybridized carbons (Fsp3) is 0.0435. The number of hydrogen-bond acceptors (Lipinski definition) is 5. The van der Waals surface area contributed by atoms with Crippen LogP contribution in [0.3, 0.4) is 0 Å². The van der Waals surface area contributed by atoms with Crippen LogP contribution >= 0.6 is 15.9 Å². The lowest BCUT2D eigenvalue weighted by Crippen LogP contribution is -2.32. The molecular weight excluding hydrogens is 514 g/mol. The number of carbonyl (C=O) groups excluding carboxylic acids is 3. The summed E-state index contributed by atoms with van der Waals surface area (Å²) in [5.74, 6) is -3.86. The Labute approximate surface area is 201 Å². The molecule has 0 saturated heterocycles. The molecule has 11 heteroatoms. The van der Waals surface area contributed by atoms with E-state index in [1.165, 1.54) is 36.5 Å². The topological polar surface area (TPSA) is 109 Å². The van der Waals surface area contributed by atoms with E-state index in [0.717, 1.165) is 6.07 Å². The van der Waals surface area contributed by atoms with E-state index in [0.29, 0.717) is 10.0 Å². The summed E-state index contributed by atoms with van der Waals surface area (Å²) in [7, 11) is 0. The molecule has 0 radical (unpaired) electrons. The van der Waals surface area contributed by atoms with E-state index in [4.69, 9.17) is 4.74 Å². The van der Waals surface area contributed by atoms with Crippen molar-refractivity contribution in [2.75, 3.05) is 17.2 Å². The van der Waals surface area contributed by atoms with Gasteiger partial charge < -0.3 is 15.4 Å². The highest BCUT2D eigenvalue weighted by molar-refractivity contribution is 9.10. The number of ether oxygens (including phenoxy) is 1. The van der Waals surface area contributed by atoms with E-state index < -0.39 is 36.0 Å². The van der Waals surface area contributed by atoms with Crippen molar-refractivity contribution in [1.29, 1.82) is 0 Å². The van der Waals surface area contributed by atoms with Crippen molar-refractivity contribution in [3.05, 3.63) is 88.4 Å². The monoisotopic (exact) mass is 530 g/mol. The highest BCUT2D eigenvalue weighted by Gasteiger charge is 2.15. The smallest absolute Gasteiger partial charge is 0.329 e. The number of amides is 3. The third-order valence-electron chi connectivity index (χ3n) is 4.18. The molecule has 0 atom stereocenters. The maximum Gasteiger partial charge on any atom is 0.329 e. The number of halogens is 3. The minimum atomic E-state index is -1.12. The fourth-order valence-electron chi connectivity index (χ4n) is 2.59. The van der Waals surface area contributed by atoms with Gasteiger partial charge in [-0.25, -0.2) is 14.2 Å². The Morgan fingerprint density at radius 2 is 1.59 bits per heavy atom. The number of nitrogens with one attached hydrogen (secondary N) is 3. The molecule has 0 aliphatic carbocycles. The van der Waals surface area contributed by atoms with E-state index in [1.807, 2.05) is 5.43 Å². The molecule has 0 unspecified atom stereocenters. The predicted octanol–water partition coefficient (Wildman–Crippen LogP) is 3.83. The number of para-hydroxylation sites is 2. The summed E-state index contributed by atoms with van der Waals surface area (Å²) in [5, 5.41) is 8.22. The zero-order chi connectivity index (χ0) is 24.5. The second-order valence-corrected chi connectivity index (χ2v) is 7.55. The molecule has 3 aromatic rings. The molecule has 0 aliphatic heterocycles. The Morgan fingerprint density at radius 1 is 0.882 bits per heavy atom. The van der Waals surface area contributed by atoms with Gasteiger partial charge >= 0.3 is 11.8 Å². The molecule has 3 N–H and O–H groups in total. The summed E-state index contributed by atoms with van der Waals surface area (Å²) in [5.41, 5.74) is 2.27. The molecular formula is C23H17BrF2N4O4. The van der Waals surface area contributed by atoms with Crippen LogP contribution in [-0.4, -0.2) is 30.5 Å². The third kappa shape index (κ3) is 6.94. The molecule has 0 aromatic heterocycles. The highest BCUT2D eigenvalue weighted by atomic mass is 79.9. The molecule has 8 nitrogen and oxygen atoms in total. The van der Waals surface area contributed by atoms with Crippen molar-refractivity contribution in [1.82, 2.24) is 5.43 Å². The van der Waals surface area contributed by atoms with Gasteiger partial charge in [0, 0.05) is 10.0 Å². The molecule has 34 heavy (non-hydrogen) atoms. The molecule has 174 valence electrons. The van der Waals surface area contributed by atoms with Crippen LogP contribution in [-0.2, 0) is 14.4 Å². The Bertz CT molecular complexity index is 1250. The summed E-state index contributed by atoms with van der Waals surface area (Å²) in [4.78, 5) is 35.9. The zero-order valence-electron chi connectivity index (χ0n) is 17.3. The van der Waals surface area contributed by atoms with Crippen LogP contribution in [0.5, 0.6) is 5.75 Å². The van der Waals surface area contributed by atoms with Gasteiger partial charge in [0.15, 0.2) is 6.61 Å². The van der Waals surface area contributed by atoms with Crippen molar-refractivity contribution in [2.24, 2.45) is 5.10 Å². The van der Waals surface area contributed by atoms with Crippen LogP contribution in [0.15, 0.2) is 76.3 Å². The summed E-state index contributed by atoms with van der Waals surface area (Å²) >= 11 is 3.13. The van der Waals surface area contributed by atoms with Gasteiger partial charge in [-0.15, -0.1) is 0 Å². The van der Waals surface area contributed by atoms with Crippen LogP contribution in [0.2, 0.25) is 0 Å². The molecule has 0 fully saturated rings. The van der Waals surface area contributed by atoms with E-state index in [9.17, 15) is 23.2 Å². The number of benzene rings is 3. The van der Waals surface area contributed by atoms with E-state index >= 15 is 0 Å². The first-order chi connectivity index (χ1) is 16.3. The van der Waals surface area contributed by atoms with Gasteiger partial charge in [0.05, 0.1) is 17.6 Å². The maximum atomic E-state index is 13.9. The lowest BCUT2D eigenvalue weighted by atomic mass is 10.2. The van der Waals surface area contributed by atoms with Crippen molar-refractivity contribution in [3.63, 3.8) is 0 Å². The number of nitrogens with zero attached hydrogens (tertiary/aromatic N) is 1. The molecule has 0 heterocycles. The number of rotatable bonds is 7. The van der Waals surface area contributed by atoms with E-state index in [-0.39, 0.29) is 17.1 Å².